The second-order valence-electron chi connectivity index (χ2n) is 7.13. The minimum atomic E-state index is -1.16. The second kappa shape index (κ2) is 11.3. The molecule has 0 aliphatic rings. The summed E-state index contributed by atoms with van der Waals surface area (Å²) in [5, 5.41) is 14.4. The van der Waals surface area contributed by atoms with Crippen molar-refractivity contribution in [3.8, 4) is 5.75 Å². The van der Waals surface area contributed by atoms with E-state index in [1.165, 1.54) is 0 Å². The smallest absolute Gasteiger partial charge is 0.326 e. The Morgan fingerprint density at radius 2 is 1.44 bits per heavy atom. The number of aliphatic carboxylic acids is 1. The van der Waals surface area contributed by atoms with Crippen LogP contribution in [0.25, 0.3) is 0 Å². The third-order valence-corrected chi connectivity index (χ3v) is 4.69. The molecule has 0 radical (unpaired) electrons. The second-order valence-corrected chi connectivity index (χ2v) is 7.13. The molecule has 32 heavy (non-hydrogen) atoms. The van der Waals surface area contributed by atoms with Gasteiger partial charge in [-0.15, -0.1) is 0 Å². The number of ether oxygens (including phenoxy) is 1. The molecule has 0 bridgehead atoms. The van der Waals surface area contributed by atoms with Gasteiger partial charge in [-0.05, 0) is 35.4 Å². The molecule has 1 atom stereocenters. The molecule has 0 aliphatic carbocycles. The average Bonchev–Trinajstić information content (AvgIpc) is 2.82. The van der Waals surface area contributed by atoms with Gasteiger partial charge in [0.25, 0.3) is 5.91 Å². The van der Waals surface area contributed by atoms with Gasteiger partial charge in [-0.1, -0.05) is 60.7 Å². The lowest BCUT2D eigenvalue weighted by Gasteiger charge is -2.15. The molecule has 3 N–H and O–H groups in total. The number of carbonyl (C=O) groups excluding carboxylic acids is 2. The normalized spacial score (nSPS) is 11.2. The van der Waals surface area contributed by atoms with Gasteiger partial charge in [0.15, 0.2) is 0 Å². The molecule has 7 nitrogen and oxygen atoms in total. The first-order valence-corrected chi connectivity index (χ1v) is 10.1. The van der Waals surface area contributed by atoms with Crippen LogP contribution >= 0.6 is 0 Å². The first-order valence-electron chi connectivity index (χ1n) is 10.1. The molecule has 0 heterocycles. The van der Waals surface area contributed by atoms with E-state index in [1.807, 2.05) is 30.3 Å². The summed E-state index contributed by atoms with van der Waals surface area (Å²) in [5.74, 6) is -1.47. The van der Waals surface area contributed by atoms with E-state index in [1.54, 1.807) is 54.6 Å². The maximum atomic E-state index is 12.1. The van der Waals surface area contributed by atoms with Gasteiger partial charge < -0.3 is 20.5 Å². The molecule has 0 saturated carbocycles. The van der Waals surface area contributed by atoms with E-state index >= 15 is 0 Å². The largest absolute Gasteiger partial charge is 0.489 e. The van der Waals surface area contributed by atoms with Gasteiger partial charge in [-0.2, -0.15) is 0 Å². The fourth-order valence-electron chi connectivity index (χ4n) is 3.00. The van der Waals surface area contributed by atoms with Crippen LogP contribution in [0.15, 0.2) is 84.9 Å². The van der Waals surface area contributed by atoms with Crippen molar-refractivity contribution in [1.82, 2.24) is 10.6 Å². The van der Waals surface area contributed by atoms with Gasteiger partial charge in [-0.3, -0.25) is 9.59 Å². The van der Waals surface area contributed by atoms with Crippen molar-refractivity contribution < 1.29 is 24.2 Å². The monoisotopic (exact) mass is 432 g/mol. The van der Waals surface area contributed by atoms with Gasteiger partial charge >= 0.3 is 5.97 Å². The SMILES string of the molecule is O=C(CNC(=O)c1ccccc1)N[C@@H](Cc1ccc(OCc2ccccc2)cc1)C(=O)O. The molecule has 3 aromatic rings. The molecule has 3 rings (SSSR count). The number of hydrogen-bond acceptors (Lipinski definition) is 4. The van der Waals surface area contributed by atoms with Crippen molar-refractivity contribution in [3.05, 3.63) is 102 Å². The van der Waals surface area contributed by atoms with Crippen LogP contribution in [0.3, 0.4) is 0 Å². The van der Waals surface area contributed by atoms with E-state index in [4.69, 9.17) is 4.74 Å². The van der Waals surface area contributed by atoms with Crippen LogP contribution in [0.4, 0.5) is 0 Å². The molecule has 7 heteroatoms. The Bertz CT molecular complexity index is 1040. The lowest BCUT2D eigenvalue weighted by atomic mass is 10.1. The first-order chi connectivity index (χ1) is 15.5. The first kappa shape index (κ1) is 22.6. The van der Waals surface area contributed by atoms with Crippen molar-refractivity contribution >= 4 is 17.8 Å². The van der Waals surface area contributed by atoms with Gasteiger partial charge in [-0.25, -0.2) is 4.79 Å². The zero-order chi connectivity index (χ0) is 22.8. The highest BCUT2D eigenvalue weighted by Gasteiger charge is 2.21. The van der Waals surface area contributed by atoms with Crippen molar-refractivity contribution in [1.29, 1.82) is 0 Å². The highest BCUT2D eigenvalue weighted by Crippen LogP contribution is 2.15. The van der Waals surface area contributed by atoms with Gasteiger partial charge in [0.1, 0.15) is 18.4 Å². The maximum absolute atomic E-state index is 12.1. The number of benzene rings is 3. The summed E-state index contributed by atoms with van der Waals surface area (Å²) in [5.41, 5.74) is 2.20. The van der Waals surface area contributed by atoms with Crippen LogP contribution in [0.5, 0.6) is 5.75 Å². The number of nitrogens with one attached hydrogen (secondary N) is 2. The Morgan fingerprint density at radius 3 is 2.06 bits per heavy atom. The minimum absolute atomic E-state index is 0.104. The van der Waals surface area contributed by atoms with E-state index in [0.29, 0.717) is 17.9 Å². The number of carboxylic acid groups (broad SMARTS) is 1. The maximum Gasteiger partial charge on any atom is 0.326 e. The van der Waals surface area contributed by atoms with E-state index in [2.05, 4.69) is 10.6 Å². The molecule has 0 fully saturated rings. The van der Waals surface area contributed by atoms with Crippen LogP contribution in [-0.2, 0) is 22.6 Å². The lowest BCUT2D eigenvalue weighted by molar-refractivity contribution is -0.141. The van der Waals surface area contributed by atoms with Crippen LogP contribution < -0.4 is 15.4 Å². The molecular weight excluding hydrogens is 408 g/mol. The number of hydrogen-bond donors (Lipinski definition) is 3. The summed E-state index contributed by atoms with van der Waals surface area (Å²) in [6.07, 6.45) is 0.104. The van der Waals surface area contributed by atoms with E-state index < -0.39 is 23.8 Å². The van der Waals surface area contributed by atoms with Crippen molar-refractivity contribution in [2.75, 3.05) is 6.54 Å². The standard InChI is InChI=1S/C25H24N2O5/c28-23(16-26-24(29)20-9-5-2-6-10-20)27-22(25(30)31)15-18-11-13-21(14-12-18)32-17-19-7-3-1-4-8-19/h1-14,22H,15-17H2,(H,26,29)(H,27,28)(H,30,31)/t22-/m0/s1. The fourth-order valence-corrected chi connectivity index (χ4v) is 3.00. The highest BCUT2D eigenvalue weighted by molar-refractivity contribution is 5.96. The summed E-state index contributed by atoms with van der Waals surface area (Å²) >= 11 is 0. The molecule has 0 spiro atoms. The zero-order valence-corrected chi connectivity index (χ0v) is 17.4. The topological polar surface area (TPSA) is 105 Å². The number of rotatable bonds is 10. The lowest BCUT2D eigenvalue weighted by Crippen LogP contribution is -2.46. The van der Waals surface area contributed by atoms with Crippen LogP contribution in [0, 0.1) is 0 Å². The van der Waals surface area contributed by atoms with Crippen LogP contribution in [0.1, 0.15) is 21.5 Å². The predicted octanol–water partition coefficient (Wildman–Crippen LogP) is 2.81. The third kappa shape index (κ3) is 6.98. The molecular formula is C25H24N2O5. The van der Waals surface area contributed by atoms with Crippen molar-refractivity contribution in [3.63, 3.8) is 0 Å². The number of amides is 2. The Morgan fingerprint density at radius 1 is 0.812 bits per heavy atom. The number of carbonyl (C=O) groups is 3. The molecule has 3 aromatic carbocycles. The fraction of sp³-hybridized carbons (Fsp3) is 0.160. The summed E-state index contributed by atoms with van der Waals surface area (Å²) in [6.45, 7) is 0.118. The van der Waals surface area contributed by atoms with Crippen LogP contribution in [-0.4, -0.2) is 35.5 Å². The van der Waals surface area contributed by atoms with E-state index in [9.17, 15) is 19.5 Å². The molecule has 0 aromatic heterocycles. The van der Waals surface area contributed by atoms with Gasteiger partial charge in [0, 0.05) is 12.0 Å². The zero-order valence-electron chi connectivity index (χ0n) is 17.4. The van der Waals surface area contributed by atoms with E-state index in [0.717, 1.165) is 11.1 Å². The van der Waals surface area contributed by atoms with Crippen molar-refractivity contribution in [2.45, 2.75) is 19.1 Å². The minimum Gasteiger partial charge on any atom is -0.489 e. The van der Waals surface area contributed by atoms with Crippen molar-refractivity contribution in [2.24, 2.45) is 0 Å². The Hall–Kier alpha value is -4.13. The summed E-state index contributed by atoms with van der Waals surface area (Å²) in [4.78, 5) is 35.8. The average molecular weight is 432 g/mol. The van der Waals surface area contributed by atoms with E-state index in [-0.39, 0.29) is 13.0 Å². The summed E-state index contributed by atoms with van der Waals surface area (Å²) < 4.78 is 5.73. The third-order valence-electron chi connectivity index (χ3n) is 4.69. The Labute approximate surface area is 186 Å². The molecule has 2 amide bonds. The molecule has 164 valence electrons. The Balaban J connectivity index is 1.49. The molecule has 0 saturated heterocycles. The van der Waals surface area contributed by atoms with Gasteiger partial charge in [0.05, 0.1) is 6.54 Å². The summed E-state index contributed by atoms with van der Waals surface area (Å²) in [6, 6.07) is 24.2. The number of carboxylic acids is 1. The highest BCUT2D eigenvalue weighted by atomic mass is 16.5. The Kier molecular flexibility index (Phi) is 7.97. The van der Waals surface area contributed by atoms with Gasteiger partial charge in [0.2, 0.25) is 5.91 Å². The molecule has 0 aliphatic heterocycles. The summed E-state index contributed by atoms with van der Waals surface area (Å²) in [7, 11) is 0. The van der Waals surface area contributed by atoms with Crippen LogP contribution in [0.2, 0.25) is 0 Å². The predicted molar refractivity (Wildman–Crippen MR) is 119 cm³/mol. The quantitative estimate of drug-likeness (QED) is 0.457. The molecule has 0 unspecified atom stereocenters.